The molecule has 9 aromatic carbocycles. The van der Waals surface area contributed by atoms with Gasteiger partial charge in [-0.3, -0.25) is 44.7 Å². The second-order valence-electron chi connectivity index (χ2n) is 25.6. The molecule has 4 N–H and O–H groups in total. The molecule has 0 spiro atoms. The van der Waals surface area contributed by atoms with Crippen molar-refractivity contribution in [3.63, 3.8) is 0 Å². The number of pyridine rings is 9. The smallest absolute Gasteiger partial charge is 1.00 e. The number of aromatic nitrogens is 9. The summed E-state index contributed by atoms with van der Waals surface area (Å²) in [5.74, 6) is 0. The Hall–Kier alpha value is -9.14. The standard InChI is InChI=1S/C29H18N3OP.C29H18N3P.C17H12Br2NP.C12H10B2N2O4.CH2O3.CH3PS.2Na.H/c33-34(19-9-2-1-3-10-19)23-14-5-4-11-20(23)25-21-12-6-16-30-27(21)28-22(13-7-17-31-28)26(25)29-24(34)15-8-18-32-29;1-2-9-19(10-3-1)33-23-14-5-4-11-20(23)25-21-12-6-16-30-27(21)28-22(13-7-17-31-28)26(25)29-24(33)15-8-18-32-29;18-14-9-4-5-10-15(14)21(13-7-2-1-3-8-13)16-11-6-12-20-17(16)19;17-13(18)9-7-3-1-5-15-11(7)12-8(4-2-6-16-12)10(9)14(19)20;2-1-4-3;1-2-3;;;/h1-18H;1-18H;1-12H;1-6,17-20H;1,3H;1H3;;;/q;;;;;;2*+1;-1/p-1/i;;;;;1T;;;. The van der Waals surface area contributed by atoms with Crippen molar-refractivity contribution in [2.45, 2.75) is 0 Å². The molecule has 0 aliphatic carbocycles. The maximum Gasteiger partial charge on any atom is 1.00 e. The number of carbonyl (C=O) groups is 1. The van der Waals surface area contributed by atoms with Crippen molar-refractivity contribution in [2.75, 3.05) is 6.64 Å². The third-order valence-electron chi connectivity index (χ3n) is 19.3. The molecule has 0 fully saturated rings. The number of nitrogens with zero attached hydrogens (tertiary/aromatic N) is 9. The third kappa shape index (κ3) is 17.1. The van der Waals surface area contributed by atoms with Gasteiger partial charge in [-0.05, 0) is 162 Å². The molecule has 17 nitrogen and oxygen atoms in total. The van der Waals surface area contributed by atoms with E-state index in [2.05, 4.69) is 215 Å². The largest absolute Gasteiger partial charge is 1.00 e. The van der Waals surface area contributed by atoms with Crippen molar-refractivity contribution in [2.24, 2.45) is 0 Å². The van der Waals surface area contributed by atoms with Crippen LogP contribution in [0.5, 0.6) is 0 Å². The van der Waals surface area contributed by atoms with Crippen molar-refractivity contribution in [1.82, 2.24) is 44.9 Å². The summed E-state index contributed by atoms with van der Waals surface area (Å²) in [6, 6.07) is 91.8. The van der Waals surface area contributed by atoms with Crippen LogP contribution >= 0.6 is 62.2 Å². The number of carbonyl (C=O) groups excluding carboxylic acids is 1. The van der Waals surface area contributed by atoms with Crippen LogP contribution in [-0.4, -0.2) is 92.3 Å². The fourth-order valence-corrected chi connectivity index (χ4v) is 24.3. The molecule has 560 valence electrons. The van der Waals surface area contributed by atoms with E-state index in [1.54, 1.807) is 55.2 Å². The summed E-state index contributed by atoms with van der Waals surface area (Å²) in [5, 5.41) is 62.0. The van der Waals surface area contributed by atoms with Gasteiger partial charge in [0.05, 0.1) is 44.5 Å². The molecule has 0 radical (unpaired) electrons. The number of halogens is 2. The van der Waals surface area contributed by atoms with Gasteiger partial charge in [-0.1, -0.05) is 228 Å². The normalized spacial score (nSPS) is 13.4. The molecule has 117 heavy (non-hydrogen) atoms. The zero-order valence-electron chi connectivity index (χ0n) is 64.5. The molecule has 0 saturated heterocycles. The van der Waals surface area contributed by atoms with Crippen LogP contribution in [0.2, 0.25) is 0 Å². The van der Waals surface area contributed by atoms with Crippen molar-refractivity contribution in [3.05, 3.63) is 338 Å². The van der Waals surface area contributed by atoms with E-state index >= 15 is 4.57 Å². The fraction of sp³-hybridized carbons (Fsp3) is 0.0112. The van der Waals surface area contributed by atoms with E-state index < -0.39 is 37.2 Å². The predicted octanol–water partition coefficient (Wildman–Crippen LogP) is 7.14. The number of benzene rings is 9. The summed E-state index contributed by atoms with van der Waals surface area (Å²) in [4.78, 5) is 52.9. The molecule has 0 bridgehead atoms. The van der Waals surface area contributed by atoms with Gasteiger partial charge in [0.15, 0.2) is 7.14 Å². The minimum absolute atomic E-state index is 0. The van der Waals surface area contributed by atoms with E-state index in [9.17, 15) is 20.1 Å². The van der Waals surface area contributed by atoms with Gasteiger partial charge in [0.25, 0.3) is 6.47 Å². The van der Waals surface area contributed by atoms with Crippen LogP contribution in [0.1, 0.15) is 2.80 Å². The van der Waals surface area contributed by atoms with Gasteiger partial charge in [0.1, 0.15) is 4.60 Å². The predicted molar refractivity (Wildman–Crippen MR) is 480 cm³/mol. The SMILES string of the molecule is Brc1ccccc1P(c1ccccc1)c1cccnc1Br.O=CO[O-].O=P1(c2ccccc2)c2ccccc2-c2c(c3cccnc3c3ncccc23)-c2ncccc21.OB(O)c1c(B(O)O)c2cccnc2c2ncccc12.[3H]CP=S.[H-].[Na+].[Na+].c1ccc(P2c3ccccc3-c3c(c4cccnc4c4ncccc34)-c3ncccc32)cc1. The van der Waals surface area contributed by atoms with E-state index in [-0.39, 0.29) is 77.9 Å². The van der Waals surface area contributed by atoms with Gasteiger partial charge in [-0.15, -0.1) is 0 Å². The summed E-state index contributed by atoms with van der Waals surface area (Å²) >= 11 is 11.6. The minimum atomic E-state index is -3.23. The summed E-state index contributed by atoms with van der Waals surface area (Å²) in [5.41, 5.74) is 12.9. The van der Waals surface area contributed by atoms with Crippen LogP contribution in [-0.2, 0) is 26.1 Å². The molecular formula is C89H63B2Br2N9Na2O8P4S. The van der Waals surface area contributed by atoms with Crippen LogP contribution in [0, 0.1) is 0 Å². The maximum atomic E-state index is 15.4. The van der Waals surface area contributed by atoms with Crippen molar-refractivity contribution in [1.29, 1.82) is 0 Å². The molecule has 3 atom stereocenters. The molecular weight excluding hydrogens is 1710 g/mol. The van der Waals surface area contributed by atoms with Gasteiger partial charge < -0.3 is 36.2 Å². The third-order valence-corrected chi connectivity index (χ3v) is 29.4. The summed E-state index contributed by atoms with van der Waals surface area (Å²) in [7, 11) is -7.60. The van der Waals surface area contributed by atoms with Crippen LogP contribution in [0.25, 0.3) is 110 Å². The molecule has 20 rings (SSSR count). The first-order valence-electron chi connectivity index (χ1n) is 36.4. The van der Waals surface area contributed by atoms with Crippen LogP contribution in [0.3, 0.4) is 0 Å². The molecule has 9 aromatic heterocycles. The first-order valence-corrected chi connectivity index (χ1v) is 43.8. The molecule has 11 heterocycles. The minimum Gasteiger partial charge on any atom is -1.00 e. The Morgan fingerprint density at radius 3 is 1.32 bits per heavy atom. The Bertz CT molecular complexity index is 6420. The first kappa shape index (κ1) is 84.3. The Balaban J connectivity index is 0.000000143. The average Bonchev–Trinajstić information content (AvgIpc) is 1.57. The van der Waals surface area contributed by atoms with Crippen LogP contribution in [0.15, 0.2) is 338 Å². The Kier molecular flexibility index (Phi) is 28.6. The molecule has 18 aromatic rings. The zero-order valence-corrected chi connectivity index (χ0v) is 74.1. The van der Waals surface area contributed by atoms with E-state index in [0.717, 1.165) is 110 Å². The van der Waals surface area contributed by atoms with Gasteiger partial charge in [0.2, 0.25) is 0 Å². The maximum absolute atomic E-state index is 15.4. The molecule has 0 amide bonds. The monoisotopic (exact) mass is 1770 g/mol. The first-order chi connectivity index (χ1) is 56.9. The molecule has 0 saturated carbocycles. The van der Waals surface area contributed by atoms with Gasteiger partial charge in [-0.25, -0.2) is 4.98 Å². The summed E-state index contributed by atoms with van der Waals surface area (Å²) in [6.07, 6.45) is 15.9. The second kappa shape index (κ2) is 39.6. The number of hydrogen-bond donors (Lipinski definition) is 4. The van der Waals surface area contributed by atoms with E-state index in [1.807, 2.05) is 122 Å². The topological polar surface area (TPSA) is 263 Å². The van der Waals surface area contributed by atoms with Crippen LogP contribution in [0.4, 0.5) is 0 Å². The Morgan fingerprint density at radius 2 is 0.812 bits per heavy atom. The van der Waals surface area contributed by atoms with Crippen molar-refractivity contribution < 1.29 is 102 Å². The Labute approximate surface area is 747 Å². The Morgan fingerprint density at radius 1 is 0.444 bits per heavy atom. The molecule has 3 unspecified atom stereocenters. The average molecular weight is 1770 g/mol. The van der Waals surface area contributed by atoms with Gasteiger partial charge >= 0.3 is 73.4 Å². The molecule has 2 aliphatic heterocycles. The summed E-state index contributed by atoms with van der Waals surface area (Å²) in [6.45, 7) is 0.176. The van der Waals surface area contributed by atoms with E-state index in [0.29, 0.717) is 28.4 Å². The number of hydrogen-bond acceptors (Lipinski definition) is 18. The van der Waals surface area contributed by atoms with E-state index in [1.165, 1.54) is 43.0 Å². The zero-order chi connectivity index (χ0) is 80.2. The molecule has 28 heteroatoms. The van der Waals surface area contributed by atoms with Crippen LogP contribution < -0.4 is 123 Å². The van der Waals surface area contributed by atoms with Gasteiger partial charge in [0, 0.05) is 143 Å². The quantitative estimate of drug-likeness (QED) is 0.0224. The van der Waals surface area contributed by atoms with Crippen molar-refractivity contribution in [3.8, 4) is 44.8 Å². The van der Waals surface area contributed by atoms with E-state index in [4.69, 9.17) is 41.3 Å². The summed E-state index contributed by atoms with van der Waals surface area (Å²) < 4.78 is 23.8. The number of fused-ring (bicyclic) bond motifs is 23. The van der Waals surface area contributed by atoms with Gasteiger partial charge in [-0.2, -0.15) is 0 Å². The number of rotatable bonds is 8. The second-order valence-corrected chi connectivity index (χ2v) is 35.3. The van der Waals surface area contributed by atoms with Crippen molar-refractivity contribution >= 4 is 219 Å². The molecule has 2 aliphatic rings. The fourth-order valence-electron chi connectivity index (χ4n) is 14.9.